The van der Waals surface area contributed by atoms with Crippen LogP contribution in [0.3, 0.4) is 0 Å². The molecule has 0 aliphatic heterocycles. The monoisotopic (exact) mass is 283 g/mol. The highest BCUT2D eigenvalue weighted by Gasteiger charge is 2.21. The van der Waals surface area contributed by atoms with Gasteiger partial charge in [-0.05, 0) is 18.2 Å². The molecule has 7 nitrogen and oxygen atoms in total. The highest BCUT2D eigenvalue weighted by Crippen LogP contribution is 2.26. The Bertz CT molecular complexity index is 874. The van der Waals surface area contributed by atoms with Crippen molar-refractivity contribution in [3.8, 4) is 5.75 Å². The molecule has 0 saturated carbocycles. The van der Waals surface area contributed by atoms with Crippen LogP contribution in [0.15, 0.2) is 51.9 Å². The summed E-state index contributed by atoms with van der Waals surface area (Å²) in [6, 6.07) is 7.96. The van der Waals surface area contributed by atoms with Gasteiger partial charge >= 0.3 is 5.63 Å². The number of para-hydroxylation sites is 1. The van der Waals surface area contributed by atoms with Gasteiger partial charge in [0.1, 0.15) is 11.3 Å². The van der Waals surface area contributed by atoms with Crippen molar-refractivity contribution in [2.45, 2.75) is 0 Å². The first kappa shape index (κ1) is 12.8. The summed E-state index contributed by atoms with van der Waals surface area (Å²) in [4.78, 5) is 31.6. The quantitative estimate of drug-likeness (QED) is 0.691. The van der Waals surface area contributed by atoms with Gasteiger partial charge in [0.15, 0.2) is 5.56 Å². The van der Waals surface area contributed by atoms with Gasteiger partial charge in [-0.15, -0.1) is 0 Å². The van der Waals surface area contributed by atoms with Gasteiger partial charge in [-0.1, -0.05) is 12.1 Å². The molecule has 0 unspecified atom stereocenters. The van der Waals surface area contributed by atoms with E-state index >= 15 is 0 Å². The van der Waals surface area contributed by atoms with Crippen LogP contribution in [-0.2, 0) is 0 Å². The number of rotatable bonds is 2. The van der Waals surface area contributed by atoms with Crippen molar-refractivity contribution in [2.75, 3.05) is 5.32 Å². The first-order chi connectivity index (χ1) is 10.2. The fourth-order valence-corrected chi connectivity index (χ4v) is 1.86. The van der Waals surface area contributed by atoms with E-state index in [0.29, 0.717) is 0 Å². The van der Waals surface area contributed by atoms with Gasteiger partial charge in [0.05, 0.1) is 5.39 Å². The molecule has 3 aromatic rings. The van der Waals surface area contributed by atoms with Gasteiger partial charge in [0.25, 0.3) is 5.91 Å². The number of anilines is 1. The zero-order valence-corrected chi connectivity index (χ0v) is 10.6. The zero-order chi connectivity index (χ0) is 14.8. The molecule has 21 heavy (non-hydrogen) atoms. The normalized spacial score (nSPS) is 10.5. The number of carbonyl (C=O) groups excluding carboxylic acids is 1. The molecule has 3 rings (SSSR count). The lowest BCUT2D eigenvalue weighted by Gasteiger charge is -2.06. The molecular weight excluding hydrogens is 274 g/mol. The number of aromatic nitrogens is 2. The van der Waals surface area contributed by atoms with E-state index in [9.17, 15) is 14.7 Å². The molecule has 0 aliphatic carbocycles. The Morgan fingerprint density at radius 3 is 2.62 bits per heavy atom. The molecule has 7 heteroatoms. The van der Waals surface area contributed by atoms with E-state index in [4.69, 9.17) is 4.42 Å². The summed E-state index contributed by atoms with van der Waals surface area (Å²) in [7, 11) is 0. The van der Waals surface area contributed by atoms with E-state index in [1.165, 1.54) is 18.5 Å². The summed E-state index contributed by atoms with van der Waals surface area (Å²) in [6.45, 7) is 0. The van der Waals surface area contributed by atoms with Crippen LogP contribution >= 0.6 is 0 Å². The Hall–Kier alpha value is -3.22. The van der Waals surface area contributed by atoms with Crippen LogP contribution in [0.25, 0.3) is 11.0 Å². The molecule has 0 atom stereocenters. The lowest BCUT2D eigenvalue weighted by molar-refractivity contribution is 0.102. The minimum Gasteiger partial charge on any atom is -0.506 e. The molecule has 1 amide bonds. The lowest BCUT2D eigenvalue weighted by atomic mass is 10.1. The minimum atomic E-state index is -0.931. The second-order valence-corrected chi connectivity index (χ2v) is 4.14. The number of nitrogens with one attached hydrogen (secondary N) is 1. The Kier molecular flexibility index (Phi) is 3.07. The average Bonchev–Trinajstić information content (AvgIpc) is 2.48. The molecule has 0 spiro atoms. The number of nitrogens with zero attached hydrogens (tertiary/aromatic N) is 2. The highest BCUT2D eigenvalue weighted by molar-refractivity contribution is 6.07. The SMILES string of the molecule is O=C(Nc1ncccn1)c1c(O)c2ccccc2oc1=O. The fraction of sp³-hybridized carbons (Fsp3) is 0. The van der Waals surface area contributed by atoms with E-state index in [-0.39, 0.29) is 16.9 Å². The predicted molar refractivity (Wildman–Crippen MR) is 74.1 cm³/mol. The third-order valence-electron chi connectivity index (χ3n) is 2.80. The maximum Gasteiger partial charge on any atom is 0.353 e. The predicted octanol–water partition coefficient (Wildman–Crippen LogP) is 1.54. The summed E-state index contributed by atoms with van der Waals surface area (Å²) in [6.07, 6.45) is 2.87. The van der Waals surface area contributed by atoms with Crippen molar-refractivity contribution in [1.29, 1.82) is 0 Å². The number of aromatic hydroxyl groups is 1. The number of hydrogen-bond donors (Lipinski definition) is 2. The Labute approximate surface area is 117 Å². The topological polar surface area (TPSA) is 105 Å². The highest BCUT2D eigenvalue weighted by atomic mass is 16.4. The molecule has 0 aliphatic rings. The van der Waals surface area contributed by atoms with Gasteiger partial charge < -0.3 is 9.52 Å². The standard InChI is InChI=1S/C14H9N3O4/c18-11-8-4-1-2-5-9(8)21-13(20)10(11)12(19)17-14-15-6-3-7-16-14/h1-7,18H,(H,15,16,17,19). The number of amides is 1. The third-order valence-corrected chi connectivity index (χ3v) is 2.80. The molecule has 2 N–H and O–H groups in total. The van der Waals surface area contributed by atoms with Crippen LogP contribution in [0.2, 0.25) is 0 Å². The molecule has 104 valence electrons. The summed E-state index contributed by atoms with van der Waals surface area (Å²) in [5, 5.41) is 12.7. The number of hydrogen-bond acceptors (Lipinski definition) is 6. The van der Waals surface area contributed by atoms with Crippen molar-refractivity contribution in [3.63, 3.8) is 0 Å². The number of fused-ring (bicyclic) bond motifs is 1. The van der Waals surface area contributed by atoms with Crippen molar-refractivity contribution in [2.24, 2.45) is 0 Å². The molecule has 0 fully saturated rings. The van der Waals surface area contributed by atoms with E-state index in [1.54, 1.807) is 24.3 Å². The third kappa shape index (κ3) is 2.32. The smallest absolute Gasteiger partial charge is 0.353 e. The van der Waals surface area contributed by atoms with E-state index in [1.807, 2.05) is 0 Å². The van der Waals surface area contributed by atoms with Crippen LogP contribution in [0.5, 0.6) is 5.75 Å². The molecule has 0 saturated heterocycles. The number of benzene rings is 1. The fourth-order valence-electron chi connectivity index (χ4n) is 1.86. The second kappa shape index (κ2) is 5.04. The summed E-state index contributed by atoms with van der Waals surface area (Å²) < 4.78 is 5.02. The molecule has 0 bridgehead atoms. The Morgan fingerprint density at radius 1 is 1.14 bits per heavy atom. The van der Waals surface area contributed by atoms with E-state index in [0.717, 1.165) is 0 Å². The van der Waals surface area contributed by atoms with Crippen LogP contribution in [0, 0.1) is 0 Å². The number of carbonyl (C=O) groups is 1. The summed E-state index contributed by atoms with van der Waals surface area (Å²) in [5.41, 5.74) is -1.21. The molecular formula is C14H9N3O4. The van der Waals surface area contributed by atoms with E-state index in [2.05, 4.69) is 15.3 Å². The maximum atomic E-state index is 12.1. The summed E-state index contributed by atoms with van der Waals surface area (Å²) in [5.74, 6) is -1.25. The van der Waals surface area contributed by atoms with Gasteiger partial charge in [0.2, 0.25) is 5.95 Å². The van der Waals surface area contributed by atoms with Crippen LogP contribution in [-0.4, -0.2) is 21.0 Å². The van der Waals surface area contributed by atoms with Crippen molar-refractivity contribution in [3.05, 3.63) is 58.7 Å². The molecule has 2 aromatic heterocycles. The van der Waals surface area contributed by atoms with Crippen LogP contribution < -0.4 is 10.9 Å². The van der Waals surface area contributed by atoms with Crippen LogP contribution in [0.4, 0.5) is 5.95 Å². The average molecular weight is 283 g/mol. The second-order valence-electron chi connectivity index (χ2n) is 4.14. The summed E-state index contributed by atoms with van der Waals surface area (Å²) >= 11 is 0. The zero-order valence-electron chi connectivity index (χ0n) is 10.6. The minimum absolute atomic E-state index is 0.0226. The Morgan fingerprint density at radius 2 is 1.86 bits per heavy atom. The lowest BCUT2D eigenvalue weighted by Crippen LogP contribution is -2.22. The van der Waals surface area contributed by atoms with Gasteiger partial charge in [-0.2, -0.15) is 0 Å². The van der Waals surface area contributed by atoms with Gasteiger partial charge in [-0.3, -0.25) is 10.1 Å². The molecule has 0 radical (unpaired) electrons. The molecule has 1 aromatic carbocycles. The Balaban J connectivity index is 2.08. The van der Waals surface area contributed by atoms with Gasteiger partial charge in [-0.25, -0.2) is 14.8 Å². The largest absolute Gasteiger partial charge is 0.506 e. The van der Waals surface area contributed by atoms with Crippen molar-refractivity contribution in [1.82, 2.24) is 9.97 Å². The maximum absolute atomic E-state index is 12.1. The first-order valence-corrected chi connectivity index (χ1v) is 6.00. The van der Waals surface area contributed by atoms with Gasteiger partial charge in [0, 0.05) is 12.4 Å². The van der Waals surface area contributed by atoms with E-state index < -0.39 is 22.8 Å². The molecule has 2 heterocycles. The first-order valence-electron chi connectivity index (χ1n) is 6.00. The van der Waals surface area contributed by atoms with Crippen LogP contribution in [0.1, 0.15) is 10.4 Å². The van der Waals surface area contributed by atoms with Crippen molar-refractivity contribution >= 4 is 22.8 Å². The van der Waals surface area contributed by atoms with Crippen molar-refractivity contribution < 1.29 is 14.3 Å².